The number of amides is 1. The van der Waals surface area contributed by atoms with Gasteiger partial charge in [0.25, 0.3) is 10.0 Å². The zero-order valence-corrected chi connectivity index (χ0v) is 12.5. The van der Waals surface area contributed by atoms with Gasteiger partial charge in [0.15, 0.2) is 0 Å². The average Bonchev–Trinajstić information content (AvgIpc) is 2.29. The zero-order valence-electron chi connectivity index (χ0n) is 11.6. The van der Waals surface area contributed by atoms with Crippen molar-refractivity contribution in [3.05, 3.63) is 36.3 Å². The van der Waals surface area contributed by atoms with Crippen LogP contribution < -0.4 is 10.0 Å². The van der Waals surface area contributed by atoms with Crippen LogP contribution in [0.2, 0.25) is 0 Å². The van der Waals surface area contributed by atoms with Crippen LogP contribution >= 0.6 is 0 Å². The number of carbonyl (C=O) groups excluding carboxylic acids is 1. The van der Waals surface area contributed by atoms with Gasteiger partial charge in [0.1, 0.15) is 5.60 Å². The van der Waals surface area contributed by atoms with Gasteiger partial charge in [0.2, 0.25) is 0 Å². The average molecular weight is 298 g/mol. The van der Waals surface area contributed by atoms with Gasteiger partial charge >= 0.3 is 6.09 Å². The Morgan fingerprint density at radius 3 is 2.15 bits per heavy atom. The number of hydrogen-bond donors (Lipinski definition) is 2. The van der Waals surface area contributed by atoms with Gasteiger partial charge in [0, 0.05) is 16.8 Å². The molecule has 1 rings (SSSR count). The van der Waals surface area contributed by atoms with Gasteiger partial charge < -0.3 is 4.74 Å². The summed E-state index contributed by atoms with van der Waals surface area (Å²) in [5, 5.41) is 3.36. The van der Waals surface area contributed by atoms with Crippen LogP contribution in [0.25, 0.3) is 0 Å². The van der Waals surface area contributed by atoms with Crippen LogP contribution in [0.1, 0.15) is 20.8 Å². The molecule has 2 N–H and O–H groups in total. The fourth-order valence-corrected chi connectivity index (χ4v) is 1.80. The molecule has 1 aromatic rings. The molecule has 0 atom stereocenters. The summed E-state index contributed by atoms with van der Waals surface area (Å²) in [6, 6.07) is 6.16. The van der Waals surface area contributed by atoms with Crippen molar-refractivity contribution in [2.24, 2.45) is 0 Å². The largest absolute Gasteiger partial charge is 0.444 e. The summed E-state index contributed by atoms with van der Waals surface area (Å²) in [7, 11) is -3.53. The third kappa shape index (κ3) is 5.75. The minimum absolute atomic E-state index is 0.375. The van der Waals surface area contributed by atoms with Crippen molar-refractivity contribution in [3.8, 4) is 0 Å². The molecule has 0 aliphatic carbocycles. The lowest BCUT2D eigenvalue weighted by Gasteiger charge is -2.19. The monoisotopic (exact) mass is 298 g/mol. The van der Waals surface area contributed by atoms with Crippen LogP contribution in [0.3, 0.4) is 0 Å². The first-order chi connectivity index (χ1) is 9.11. The Balaban J connectivity index is 2.68. The number of anilines is 2. The van der Waals surface area contributed by atoms with Gasteiger partial charge in [-0.25, -0.2) is 13.2 Å². The smallest absolute Gasteiger partial charge is 0.412 e. The minimum Gasteiger partial charge on any atom is -0.444 e. The van der Waals surface area contributed by atoms with Gasteiger partial charge in [-0.1, -0.05) is 6.58 Å². The van der Waals surface area contributed by atoms with Gasteiger partial charge in [0.05, 0.1) is 0 Å². The van der Waals surface area contributed by atoms with Crippen molar-refractivity contribution >= 4 is 27.5 Å². The Labute approximate surface area is 118 Å². The standard InChI is InChI=1S/C13H18N2O4S/c1-5-20(17,18)15-11-8-6-10(7-9-11)14-12(16)19-13(2,3)4/h5-9,15H,1H2,2-4H3,(H,14,16). The molecule has 0 unspecified atom stereocenters. The lowest BCUT2D eigenvalue weighted by molar-refractivity contribution is 0.0636. The second-order valence-corrected chi connectivity index (χ2v) is 6.65. The van der Waals surface area contributed by atoms with Crippen LogP contribution in [0.5, 0.6) is 0 Å². The summed E-state index contributed by atoms with van der Waals surface area (Å²) in [5.74, 6) is 0. The summed E-state index contributed by atoms with van der Waals surface area (Å²) >= 11 is 0. The summed E-state index contributed by atoms with van der Waals surface area (Å²) in [5.41, 5.74) is 0.296. The van der Waals surface area contributed by atoms with E-state index in [2.05, 4.69) is 16.6 Å². The molecule has 0 radical (unpaired) electrons. The van der Waals surface area contributed by atoms with Gasteiger partial charge in [-0.05, 0) is 45.0 Å². The second kappa shape index (κ2) is 5.96. The van der Waals surface area contributed by atoms with Crippen LogP contribution in [0.15, 0.2) is 36.3 Å². The van der Waals surface area contributed by atoms with Crippen molar-refractivity contribution in [3.63, 3.8) is 0 Å². The van der Waals surface area contributed by atoms with Gasteiger partial charge in [-0.3, -0.25) is 10.0 Å². The molecule has 110 valence electrons. The number of sulfonamides is 1. The second-order valence-electron chi connectivity index (χ2n) is 5.02. The Morgan fingerprint density at radius 2 is 1.70 bits per heavy atom. The van der Waals surface area contributed by atoms with Gasteiger partial charge in [-0.15, -0.1) is 0 Å². The topological polar surface area (TPSA) is 84.5 Å². The summed E-state index contributed by atoms with van der Waals surface area (Å²) < 4.78 is 29.9. The van der Waals surface area contributed by atoms with Crippen molar-refractivity contribution < 1.29 is 17.9 Å². The first-order valence-electron chi connectivity index (χ1n) is 5.87. The molecule has 20 heavy (non-hydrogen) atoms. The maximum atomic E-state index is 11.5. The molecule has 1 amide bonds. The molecule has 7 heteroatoms. The highest BCUT2D eigenvalue weighted by Crippen LogP contribution is 2.16. The van der Waals surface area contributed by atoms with E-state index in [0.717, 1.165) is 5.41 Å². The fraction of sp³-hybridized carbons (Fsp3) is 0.308. The molecule has 0 aliphatic heterocycles. The van der Waals surface area contributed by atoms with E-state index < -0.39 is 21.7 Å². The number of nitrogens with one attached hydrogen (secondary N) is 2. The number of rotatable bonds is 4. The highest BCUT2D eigenvalue weighted by molar-refractivity contribution is 7.95. The summed E-state index contributed by atoms with van der Waals surface area (Å²) in [4.78, 5) is 11.5. The molecule has 0 spiro atoms. The predicted molar refractivity (Wildman–Crippen MR) is 79.0 cm³/mol. The third-order valence-electron chi connectivity index (χ3n) is 2.01. The minimum atomic E-state index is -3.53. The lowest BCUT2D eigenvalue weighted by atomic mass is 10.2. The molecule has 6 nitrogen and oxygen atoms in total. The maximum absolute atomic E-state index is 11.5. The van der Waals surface area contributed by atoms with Crippen LogP contribution in [0.4, 0.5) is 16.2 Å². The normalized spacial score (nSPS) is 11.6. The van der Waals surface area contributed by atoms with E-state index in [1.807, 2.05) is 0 Å². The first-order valence-corrected chi connectivity index (χ1v) is 7.41. The highest BCUT2D eigenvalue weighted by Gasteiger charge is 2.16. The molecular weight excluding hydrogens is 280 g/mol. The SMILES string of the molecule is C=CS(=O)(=O)Nc1ccc(NC(=O)OC(C)(C)C)cc1. The molecule has 0 saturated carbocycles. The molecule has 0 aliphatic rings. The Morgan fingerprint density at radius 1 is 1.20 bits per heavy atom. The molecule has 0 fully saturated rings. The number of benzene rings is 1. The molecular formula is C13H18N2O4S. The predicted octanol–water partition coefficient (Wildman–Crippen LogP) is 2.92. The first kappa shape index (κ1) is 16.0. The van der Waals surface area contributed by atoms with Crippen LogP contribution in [0, 0.1) is 0 Å². The maximum Gasteiger partial charge on any atom is 0.412 e. The molecule has 0 bridgehead atoms. The number of hydrogen-bond acceptors (Lipinski definition) is 4. The third-order valence-corrected chi connectivity index (χ3v) is 2.97. The Hall–Kier alpha value is -2.02. The van der Waals surface area contributed by atoms with Crippen LogP contribution in [-0.2, 0) is 14.8 Å². The van der Waals surface area contributed by atoms with E-state index in [-0.39, 0.29) is 0 Å². The van der Waals surface area contributed by atoms with E-state index in [4.69, 9.17) is 4.74 Å². The van der Waals surface area contributed by atoms with E-state index in [0.29, 0.717) is 11.4 Å². The Kier molecular flexibility index (Phi) is 4.78. The highest BCUT2D eigenvalue weighted by atomic mass is 32.2. The summed E-state index contributed by atoms with van der Waals surface area (Å²) in [6.07, 6.45) is -0.572. The molecule has 0 saturated heterocycles. The van der Waals surface area contributed by atoms with E-state index >= 15 is 0 Å². The van der Waals surface area contributed by atoms with Crippen LogP contribution in [-0.4, -0.2) is 20.1 Å². The Bertz CT molecular complexity index is 586. The zero-order chi connectivity index (χ0) is 15.4. The number of carbonyl (C=O) groups is 1. The summed E-state index contributed by atoms with van der Waals surface area (Å²) in [6.45, 7) is 8.49. The molecule has 1 aromatic carbocycles. The molecule has 0 heterocycles. The molecule has 0 aromatic heterocycles. The van der Waals surface area contributed by atoms with Crippen molar-refractivity contribution in [1.29, 1.82) is 0 Å². The van der Waals surface area contributed by atoms with Crippen molar-refractivity contribution in [1.82, 2.24) is 0 Å². The van der Waals surface area contributed by atoms with Crippen molar-refractivity contribution in [2.75, 3.05) is 10.0 Å². The van der Waals surface area contributed by atoms with E-state index in [1.54, 1.807) is 32.9 Å². The lowest BCUT2D eigenvalue weighted by Crippen LogP contribution is -2.27. The van der Waals surface area contributed by atoms with E-state index in [1.165, 1.54) is 12.1 Å². The van der Waals surface area contributed by atoms with Crippen molar-refractivity contribution in [2.45, 2.75) is 26.4 Å². The quantitative estimate of drug-likeness (QED) is 0.895. The fourth-order valence-electron chi connectivity index (χ4n) is 1.25. The number of ether oxygens (including phenoxy) is 1. The van der Waals surface area contributed by atoms with E-state index in [9.17, 15) is 13.2 Å². The van der Waals surface area contributed by atoms with Gasteiger partial charge in [-0.2, -0.15) is 0 Å².